The number of carbonyl (C=O) groups is 1. The second kappa shape index (κ2) is 11.4. The summed E-state index contributed by atoms with van der Waals surface area (Å²) >= 11 is 12.6. The van der Waals surface area contributed by atoms with E-state index in [-0.39, 0.29) is 24.6 Å². The first-order valence-electron chi connectivity index (χ1n) is 13.0. The molecule has 2 N–H and O–H groups in total. The van der Waals surface area contributed by atoms with E-state index in [1.807, 2.05) is 30.3 Å². The van der Waals surface area contributed by atoms with Crippen molar-refractivity contribution in [3.63, 3.8) is 0 Å². The van der Waals surface area contributed by atoms with Crippen LogP contribution in [-0.2, 0) is 9.53 Å². The molecule has 1 amide bonds. The summed E-state index contributed by atoms with van der Waals surface area (Å²) in [6.45, 7) is 8.46. The molecule has 1 aliphatic rings. The van der Waals surface area contributed by atoms with Gasteiger partial charge in [-0.2, -0.15) is 0 Å². The highest BCUT2D eigenvalue weighted by Gasteiger charge is 2.42. The van der Waals surface area contributed by atoms with Gasteiger partial charge in [-0.25, -0.2) is 0 Å². The van der Waals surface area contributed by atoms with Gasteiger partial charge in [-0.3, -0.25) is 9.78 Å². The quantitative estimate of drug-likeness (QED) is 0.245. The summed E-state index contributed by atoms with van der Waals surface area (Å²) in [5.74, 6) is -0.276. The van der Waals surface area contributed by atoms with Crippen LogP contribution in [0.3, 0.4) is 0 Å². The standard InChI is InChI=1S/C31H32ClN5O2S/c1-18-12-19(2)14-23(13-18)36-20(3)15-24(21(36)4)30-29(27-8-6-7-11-33-27)35-31(40)37(30)22-9-10-26(25(32)16-22)34-28(38)17-39-5/h6-16,29-30H,17H2,1-5H3,(H,34,38)(H,35,40)/t29-,30+/m0/s1. The normalized spacial score (nSPS) is 16.8. The van der Waals surface area contributed by atoms with Crippen molar-refractivity contribution in [1.82, 2.24) is 14.9 Å². The molecular weight excluding hydrogens is 542 g/mol. The van der Waals surface area contributed by atoms with Crippen LogP contribution < -0.4 is 15.5 Å². The molecule has 4 aromatic rings. The Kier molecular flexibility index (Phi) is 7.94. The minimum Gasteiger partial charge on any atom is -0.375 e. The van der Waals surface area contributed by atoms with Crippen LogP contribution in [0.4, 0.5) is 11.4 Å². The zero-order chi connectivity index (χ0) is 28.6. The number of benzene rings is 2. The van der Waals surface area contributed by atoms with Gasteiger partial charge in [0.25, 0.3) is 0 Å². The number of anilines is 2. The average molecular weight is 574 g/mol. The van der Waals surface area contributed by atoms with Gasteiger partial charge in [-0.1, -0.05) is 23.7 Å². The van der Waals surface area contributed by atoms with Gasteiger partial charge in [0.1, 0.15) is 6.61 Å². The largest absolute Gasteiger partial charge is 0.375 e. The molecule has 2 aromatic carbocycles. The van der Waals surface area contributed by atoms with Crippen LogP contribution in [0.1, 0.15) is 45.9 Å². The van der Waals surface area contributed by atoms with Crippen molar-refractivity contribution in [2.24, 2.45) is 0 Å². The smallest absolute Gasteiger partial charge is 0.250 e. The minimum absolute atomic E-state index is 0.0535. The molecule has 40 heavy (non-hydrogen) atoms. The molecule has 9 heteroatoms. The fraction of sp³-hybridized carbons (Fsp3) is 0.258. The van der Waals surface area contributed by atoms with Crippen molar-refractivity contribution in [3.05, 3.63) is 106 Å². The maximum Gasteiger partial charge on any atom is 0.250 e. The number of methoxy groups -OCH3 is 1. The van der Waals surface area contributed by atoms with Gasteiger partial charge in [-0.15, -0.1) is 0 Å². The maximum absolute atomic E-state index is 12.1. The Hall–Kier alpha value is -3.72. The van der Waals surface area contributed by atoms with E-state index in [1.54, 1.807) is 12.3 Å². The van der Waals surface area contributed by atoms with E-state index in [1.165, 1.54) is 18.2 Å². The average Bonchev–Trinajstić information content (AvgIpc) is 3.40. The highest BCUT2D eigenvalue weighted by atomic mass is 35.5. The molecule has 0 bridgehead atoms. The van der Waals surface area contributed by atoms with E-state index in [4.69, 9.17) is 28.6 Å². The van der Waals surface area contributed by atoms with Gasteiger partial charge in [0, 0.05) is 36.1 Å². The summed E-state index contributed by atoms with van der Waals surface area (Å²) in [5.41, 5.74) is 9.16. The van der Waals surface area contributed by atoms with E-state index < -0.39 is 0 Å². The van der Waals surface area contributed by atoms with Crippen LogP contribution in [0.2, 0.25) is 5.02 Å². The van der Waals surface area contributed by atoms with Crippen LogP contribution in [0.15, 0.2) is 66.9 Å². The third-order valence-electron chi connectivity index (χ3n) is 7.13. The predicted molar refractivity (Wildman–Crippen MR) is 165 cm³/mol. The topological polar surface area (TPSA) is 71.4 Å². The molecule has 0 aliphatic carbocycles. The SMILES string of the molecule is COCC(=O)Nc1ccc(N2C(=S)N[C@@H](c3ccccn3)[C@H]2c2cc(C)n(-c3cc(C)cc(C)c3)c2C)cc1Cl. The number of pyridine rings is 1. The van der Waals surface area contributed by atoms with Crippen molar-refractivity contribution < 1.29 is 9.53 Å². The second-order valence-electron chi connectivity index (χ2n) is 10.1. The van der Waals surface area contributed by atoms with Gasteiger partial charge in [0.05, 0.1) is 28.5 Å². The van der Waals surface area contributed by atoms with E-state index in [0.29, 0.717) is 15.8 Å². The number of carbonyl (C=O) groups excluding carboxylic acids is 1. The lowest BCUT2D eigenvalue weighted by Crippen LogP contribution is -2.29. The molecule has 0 saturated carbocycles. The molecule has 2 atom stereocenters. The Morgan fingerprint density at radius 3 is 2.45 bits per heavy atom. The van der Waals surface area contributed by atoms with Crippen molar-refractivity contribution in [3.8, 4) is 5.69 Å². The molecule has 5 rings (SSSR count). The fourth-order valence-electron chi connectivity index (χ4n) is 5.59. The summed E-state index contributed by atoms with van der Waals surface area (Å²) in [7, 11) is 1.47. The Balaban J connectivity index is 1.62. The molecule has 2 aromatic heterocycles. The second-order valence-corrected chi connectivity index (χ2v) is 10.9. The highest BCUT2D eigenvalue weighted by Crippen LogP contribution is 2.44. The summed E-state index contributed by atoms with van der Waals surface area (Å²) < 4.78 is 7.22. The monoisotopic (exact) mass is 573 g/mol. The zero-order valence-electron chi connectivity index (χ0n) is 23.2. The number of ether oxygens (including phenoxy) is 1. The molecule has 206 valence electrons. The van der Waals surface area contributed by atoms with Crippen molar-refractivity contribution >= 4 is 46.2 Å². The Morgan fingerprint density at radius 1 is 1.05 bits per heavy atom. The fourth-order valence-corrected chi connectivity index (χ4v) is 6.15. The van der Waals surface area contributed by atoms with Crippen molar-refractivity contribution in [2.45, 2.75) is 39.8 Å². The van der Waals surface area contributed by atoms with Gasteiger partial charge < -0.3 is 24.8 Å². The van der Waals surface area contributed by atoms with Crippen molar-refractivity contribution in [1.29, 1.82) is 0 Å². The van der Waals surface area contributed by atoms with Crippen LogP contribution in [0.25, 0.3) is 5.69 Å². The number of thiocarbonyl (C=S) groups is 1. The summed E-state index contributed by atoms with van der Waals surface area (Å²) in [6.07, 6.45) is 1.80. The summed E-state index contributed by atoms with van der Waals surface area (Å²) in [4.78, 5) is 18.9. The number of aryl methyl sites for hydroxylation is 3. The molecular formula is C31H32ClN5O2S. The number of aromatic nitrogens is 2. The maximum atomic E-state index is 12.1. The number of rotatable bonds is 7. The Bertz CT molecular complexity index is 1570. The number of nitrogens with zero attached hydrogens (tertiary/aromatic N) is 3. The first kappa shape index (κ1) is 27.8. The first-order valence-corrected chi connectivity index (χ1v) is 13.8. The van der Waals surface area contributed by atoms with Gasteiger partial charge in [-0.05, 0) is 105 Å². The summed E-state index contributed by atoms with van der Waals surface area (Å²) in [6, 6.07) is 19.9. The third-order valence-corrected chi connectivity index (χ3v) is 7.76. The lowest BCUT2D eigenvalue weighted by Gasteiger charge is -2.28. The minimum atomic E-state index is -0.276. The van der Waals surface area contributed by atoms with Gasteiger partial charge in [0.2, 0.25) is 5.91 Å². The van der Waals surface area contributed by atoms with E-state index >= 15 is 0 Å². The number of halogens is 1. The number of amides is 1. The molecule has 0 spiro atoms. The van der Waals surface area contributed by atoms with Crippen LogP contribution in [0.5, 0.6) is 0 Å². The number of hydrogen-bond donors (Lipinski definition) is 2. The molecule has 0 radical (unpaired) electrons. The molecule has 1 aliphatic heterocycles. The van der Waals surface area contributed by atoms with E-state index in [9.17, 15) is 4.79 Å². The Morgan fingerprint density at radius 2 is 1.80 bits per heavy atom. The van der Waals surface area contributed by atoms with Crippen LogP contribution >= 0.6 is 23.8 Å². The van der Waals surface area contributed by atoms with Crippen LogP contribution in [-0.4, -0.2) is 34.3 Å². The highest BCUT2D eigenvalue weighted by molar-refractivity contribution is 7.80. The molecule has 7 nitrogen and oxygen atoms in total. The first-order chi connectivity index (χ1) is 19.2. The number of nitrogens with one attached hydrogen (secondary N) is 2. The lowest BCUT2D eigenvalue weighted by atomic mass is 9.96. The molecule has 1 saturated heterocycles. The summed E-state index contributed by atoms with van der Waals surface area (Å²) in [5, 5.41) is 7.29. The molecule has 0 unspecified atom stereocenters. The number of hydrogen-bond acceptors (Lipinski definition) is 4. The van der Waals surface area contributed by atoms with Crippen molar-refractivity contribution in [2.75, 3.05) is 23.9 Å². The predicted octanol–water partition coefficient (Wildman–Crippen LogP) is 6.52. The van der Waals surface area contributed by atoms with Gasteiger partial charge in [0.15, 0.2) is 5.11 Å². The van der Waals surface area contributed by atoms with E-state index in [2.05, 4.69) is 77.0 Å². The van der Waals surface area contributed by atoms with Gasteiger partial charge >= 0.3 is 0 Å². The molecule has 3 heterocycles. The third kappa shape index (κ3) is 5.35. The lowest BCUT2D eigenvalue weighted by molar-refractivity contribution is -0.119. The molecule has 1 fully saturated rings. The Labute approximate surface area is 245 Å². The zero-order valence-corrected chi connectivity index (χ0v) is 24.7. The van der Waals surface area contributed by atoms with Crippen LogP contribution in [0, 0.1) is 27.7 Å². The van der Waals surface area contributed by atoms with E-state index in [0.717, 1.165) is 34.0 Å².